The summed E-state index contributed by atoms with van der Waals surface area (Å²) in [5.41, 5.74) is 2.88. The Morgan fingerprint density at radius 2 is 0.968 bits per heavy atom. The Hall–Kier alpha value is -11.1. The van der Waals surface area contributed by atoms with Crippen molar-refractivity contribution in [3.05, 3.63) is 209 Å². The summed E-state index contributed by atoms with van der Waals surface area (Å²) in [4.78, 5) is 17.9. The Labute approximate surface area is 354 Å². The maximum absolute atomic E-state index is 11.0. The summed E-state index contributed by atoms with van der Waals surface area (Å²) in [5, 5.41) is 72.4. The Morgan fingerprint density at radius 3 is 1.50 bits per heavy atom. The predicted molar refractivity (Wildman–Crippen MR) is 227 cm³/mol. The largest absolute Gasteiger partial charge is 0.250 e. The highest BCUT2D eigenvalue weighted by Crippen LogP contribution is 2.57. The molecule has 0 fully saturated rings. The van der Waals surface area contributed by atoms with Crippen LogP contribution in [0.3, 0.4) is 0 Å². The molecule has 2 aliphatic carbocycles. The molecule has 12 nitrogen and oxygen atoms in total. The summed E-state index contributed by atoms with van der Waals surface area (Å²) >= 11 is 0. The molecule has 0 radical (unpaired) electrons. The highest BCUT2D eigenvalue weighted by Gasteiger charge is 2.38. The number of nitriles is 7. The van der Waals surface area contributed by atoms with Crippen LogP contribution in [-0.4, -0.2) is 0 Å². The molecule has 0 saturated heterocycles. The van der Waals surface area contributed by atoms with Crippen molar-refractivity contribution in [3.8, 4) is 42.5 Å². The van der Waals surface area contributed by atoms with Crippen molar-refractivity contribution in [2.24, 2.45) is 0 Å². The van der Waals surface area contributed by atoms with E-state index < -0.39 is 0 Å². The van der Waals surface area contributed by atoms with E-state index >= 15 is 0 Å². The van der Waals surface area contributed by atoms with E-state index in [4.69, 9.17) is 32.9 Å². The van der Waals surface area contributed by atoms with Gasteiger partial charge in [0, 0.05) is 16.7 Å². The summed E-state index contributed by atoms with van der Waals surface area (Å²) in [5.74, 6) is 0. The maximum atomic E-state index is 11.0. The number of hydrogen-bond donors (Lipinski definition) is 0. The monoisotopic (exact) mass is 782 g/mol. The summed E-state index contributed by atoms with van der Waals surface area (Å²) in [6.45, 7) is 39.3. The Balaban J connectivity index is 1.69. The minimum atomic E-state index is -0.0676. The van der Waals surface area contributed by atoms with Gasteiger partial charge in [0.15, 0.2) is 22.7 Å². The molecule has 0 saturated carbocycles. The van der Waals surface area contributed by atoms with Crippen molar-refractivity contribution in [1.29, 1.82) is 36.8 Å². The Bertz CT molecular complexity index is 3350. The van der Waals surface area contributed by atoms with Crippen LogP contribution in [0.5, 0.6) is 0 Å². The first-order valence-corrected chi connectivity index (χ1v) is 17.6. The molecular formula is C50H14N12. The van der Waals surface area contributed by atoms with Gasteiger partial charge in [0.25, 0.3) is 0 Å². The highest BCUT2D eigenvalue weighted by atomic mass is 14.8. The van der Waals surface area contributed by atoms with Crippen molar-refractivity contribution in [2.45, 2.75) is 0 Å². The van der Waals surface area contributed by atoms with Gasteiger partial charge in [0.05, 0.1) is 84.0 Å². The lowest BCUT2D eigenvalue weighted by atomic mass is 9.86. The first kappa shape index (κ1) is 39.2. The van der Waals surface area contributed by atoms with Crippen LogP contribution < -0.4 is 0 Å². The third-order valence-corrected chi connectivity index (χ3v) is 10.1. The second kappa shape index (κ2) is 15.8. The van der Waals surface area contributed by atoms with Crippen LogP contribution in [0.25, 0.3) is 68.9 Å². The predicted octanol–water partition coefficient (Wildman–Crippen LogP) is 11.5. The van der Waals surface area contributed by atoms with Gasteiger partial charge in [-0.2, -0.15) is 36.8 Å². The molecular weight excluding hydrogens is 769 g/mol. The lowest BCUT2D eigenvalue weighted by Gasteiger charge is -2.15. The lowest BCUT2D eigenvalue weighted by molar-refractivity contribution is 1.42. The standard InChI is InChI=1S/C50H14N12/c1-58-35-14-33(15-36(17-35)59-2)42(25-56)49-39-18-37-38(19-40(39)50(62-5)47(49)30-8-9-44(60-3)45(16-30)61-4)48(41(24-55)32-11-27(20-51)10-28(12-32)21-52)46(43(37)26-57)29-6-7-31(22-53)34(13-29)23-54/h6-19H/b48-41-,49-42-. The Kier molecular flexibility index (Phi) is 10.0. The van der Waals surface area contributed by atoms with E-state index in [0.717, 1.165) is 0 Å². The van der Waals surface area contributed by atoms with Gasteiger partial charge < -0.3 is 0 Å². The fourth-order valence-corrected chi connectivity index (χ4v) is 7.57. The van der Waals surface area contributed by atoms with Crippen molar-refractivity contribution in [2.75, 3.05) is 0 Å². The second-order valence-electron chi connectivity index (χ2n) is 13.3. The SMILES string of the molecule is [C-]#[N+]C1=C(c2ccc([N+]#[C-])c([N+]#[C-])c2)/C(=C(/C#N)c2cc([N+]#[C-])cc([N+]#[C-])c2)c2cc3c(cc21)/C(=C(\C#N)c1cc(C#N)cc(C#N)c1)C(c1ccc(C#N)c(C#N)c1)=C3C#N. The van der Waals surface area contributed by atoms with E-state index in [0.29, 0.717) is 5.56 Å². The highest BCUT2D eigenvalue weighted by molar-refractivity contribution is 6.34. The first-order valence-electron chi connectivity index (χ1n) is 17.6. The molecule has 0 heterocycles. The van der Waals surface area contributed by atoms with Crippen LogP contribution in [-0.2, 0) is 0 Å². The lowest BCUT2D eigenvalue weighted by Crippen LogP contribution is -1.97. The number of fused-ring (bicyclic) bond motifs is 2. The average Bonchev–Trinajstić information content (AvgIpc) is 3.81. The first-order chi connectivity index (χ1) is 30.2. The van der Waals surface area contributed by atoms with Gasteiger partial charge >= 0.3 is 0 Å². The zero-order valence-corrected chi connectivity index (χ0v) is 31.4. The van der Waals surface area contributed by atoms with Crippen LogP contribution in [0, 0.1) is 112 Å². The Morgan fingerprint density at radius 1 is 0.419 bits per heavy atom. The van der Waals surface area contributed by atoms with E-state index in [1.54, 1.807) is 18.2 Å². The number of benzene rings is 5. The van der Waals surface area contributed by atoms with Gasteiger partial charge in [-0.15, -0.1) is 0 Å². The van der Waals surface area contributed by atoms with E-state index in [1.807, 2.05) is 24.3 Å². The summed E-state index contributed by atoms with van der Waals surface area (Å²) < 4.78 is 0. The number of hydrogen-bond acceptors (Lipinski definition) is 7. The molecule has 2 aliphatic rings. The fourth-order valence-electron chi connectivity index (χ4n) is 7.57. The zero-order chi connectivity index (χ0) is 44.2. The molecule has 0 aromatic heterocycles. The smallest absolute Gasteiger partial charge is 0.203 e. The molecule has 274 valence electrons. The van der Waals surface area contributed by atoms with Crippen LogP contribution in [0.4, 0.5) is 22.7 Å². The normalized spacial score (nSPS) is 13.2. The van der Waals surface area contributed by atoms with Gasteiger partial charge in [-0.05, 0) is 86.5 Å². The molecule has 12 heteroatoms. The second-order valence-corrected chi connectivity index (χ2v) is 13.3. The molecule has 5 aromatic rings. The summed E-state index contributed by atoms with van der Waals surface area (Å²) in [6, 6.07) is 35.0. The third kappa shape index (κ3) is 6.18. The van der Waals surface area contributed by atoms with Gasteiger partial charge in [-0.1, -0.05) is 48.5 Å². The van der Waals surface area contributed by atoms with Crippen LogP contribution in [0.1, 0.15) is 66.8 Å². The summed E-state index contributed by atoms with van der Waals surface area (Å²) in [6.07, 6.45) is 0. The van der Waals surface area contributed by atoms with Crippen molar-refractivity contribution in [3.63, 3.8) is 0 Å². The molecule has 0 N–H and O–H groups in total. The molecule has 0 unspecified atom stereocenters. The molecule has 0 atom stereocenters. The van der Waals surface area contributed by atoms with Crippen LogP contribution in [0.2, 0.25) is 0 Å². The van der Waals surface area contributed by atoms with E-state index in [9.17, 15) is 36.8 Å². The number of nitrogens with zero attached hydrogens (tertiary/aromatic N) is 12. The summed E-state index contributed by atoms with van der Waals surface area (Å²) in [7, 11) is 0. The van der Waals surface area contributed by atoms with Crippen LogP contribution >= 0.6 is 0 Å². The molecule has 0 aliphatic heterocycles. The molecule has 0 amide bonds. The quantitative estimate of drug-likeness (QED) is 0.128. The molecule has 0 spiro atoms. The third-order valence-electron chi connectivity index (χ3n) is 10.1. The van der Waals surface area contributed by atoms with Gasteiger partial charge in [0.2, 0.25) is 5.70 Å². The molecule has 5 aromatic carbocycles. The van der Waals surface area contributed by atoms with Crippen LogP contribution in [0.15, 0.2) is 84.9 Å². The average molecular weight is 783 g/mol. The topological polar surface area (TPSA) is 188 Å². The maximum Gasteiger partial charge on any atom is 0.203 e. The minimum Gasteiger partial charge on any atom is -0.250 e. The van der Waals surface area contributed by atoms with Gasteiger partial charge in [0.1, 0.15) is 30.3 Å². The van der Waals surface area contributed by atoms with Crippen molar-refractivity contribution < 1.29 is 0 Å². The minimum absolute atomic E-state index is 0.00280. The zero-order valence-electron chi connectivity index (χ0n) is 31.4. The van der Waals surface area contributed by atoms with Gasteiger partial charge in [-0.25, -0.2) is 14.5 Å². The number of rotatable bonds is 4. The molecule has 62 heavy (non-hydrogen) atoms. The molecule has 0 bridgehead atoms. The van der Waals surface area contributed by atoms with Gasteiger partial charge in [-0.3, -0.25) is 9.69 Å². The van der Waals surface area contributed by atoms with E-state index in [2.05, 4.69) is 42.4 Å². The van der Waals surface area contributed by atoms with E-state index in [1.165, 1.54) is 66.7 Å². The fraction of sp³-hybridized carbons (Fsp3) is 0. The molecule has 7 rings (SSSR count). The number of allylic oxidation sites excluding steroid dienone is 7. The van der Waals surface area contributed by atoms with Crippen molar-refractivity contribution in [1.82, 2.24) is 0 Å². The van der Waals surface area contributed by atoms with Crippen molar-refractivity contribution >= 4 is 67.5 Å². The van der Waals surface area contributed by atoms with E-state index in [-0.39, 0.29) is 129 Å².